The van der Waals surface area contributed by atoms with Crippen molar-refractivity contribution in [2.45, 2.75) is 6.92 Å². The SMILES string of the molecule is CNc1sncc1C. The number of aromatic nitrogens is 1. The van der Waals surface area contributed by atoms with Crippen LogP contribution in [0, 0.1) is 6.92 Å². The maximum Gasteiger partial charge on any atom is 0.112 e. The molecule has 1 rings (SSSR count). The molecule has 0 aliphatic heterocycles. The molecule has 1 aromatic heterocycles. The average molecular weight is 128 g/mol. The largest absolute Gasteiger partial charge is 0.379 e. The van der Waals surface area contributed by atoms with E-state index in [4.69, 9.17) is 0 Å². The highest BCUT2D eigenvalue weighted by molar-refractivity contribution is 7.10. The van der Waals surface area contributed by atoms with Crippen LogP contribution in [-0.4, -0.2) is 11.4 Å². The van der Waals surface area contributed by atoms with E-state index in [1.54, 1.807) is 0 Å². The number of nitrogens with zero attached hydrogens (tertiary/aromatic N) is 1. The number of anilines is 1. The number of nitrogens with one attached hydrogen (secondary N) is 1. The molecule has 0 spiro atoms. The molecule has 0 aromatic carbocycles. The van der Waals surface area contributed by atoms with Gasteiger partial charge < -0.3 is 5.32 Å². The van der Waals surface area contributed by atoms with Crippen molar-refractivity contribution >= 4 is 16.5 Å². The average Bonchev–Trinajstić information content (AvgIpc) is 2.14. The first-order valence-electron chi connectivity index (χ1n) is 2.43. The Balaban J connectivity index is 2.92. The Labute approximate surface area is 52.7 Å². The van der Waals surface area contributed by atoms with E-state index in [-0.39, 0.29) is 0 Å². The van der Waals surface area contributed by atoms with Crippen molar-refractivity contribution in [2.24, 2.45) is 0 Å². The third-order valence-electron chi connectivity index (χ3n) is 0.976. The number of rotatable bonds is 1. The van der Waals surface area contributed by atoms with Crippen molar-refractivity contribution in [2.75, 3.05) is 12.4 Å². The molecule has 0 saturated heterocycles. The first-order chi connectivity index (χ1) is 3.84. The summed E-state index contributed by atoms with van der Waals surface area (Å²) in [5, 5.41) is 4.19. The summed E-state index contributed by atoms with van der Waals surface area (Å²) in [5.41, 5.74) is 1.22. The second-order valence-electron chi connectivity index (χ2n) is 1.59. The molecule has 3 heteroatoms. The van der Waals surface area contributed by atoms with Gasteiger partial charge in [-0.2, -0.15) is 4.37 Å². The van der Waals surface area contributed by atoms with E-state index in [0.717, 1.165) is 5.00 Å². The molecule has 1 N–H and O–H groups in total. The number of hydrogen-bond donors (Lipinski definition) is 1. The van der Waals surface area contributed by atoms with Crippen molar-refractivity contribution in [3.8, 4) is 0 Å². The van der Waals surface area contributed by atoms with Gasteiger partial charge in [-0.3, -0.25) is 0 Å². The Morgan fingerprint density at radius 2 is 2.50 bits per heavy atom. The van der Waals surface area contributed by atoms with Crippen LogP contribution in [-0.2, 0) is 0 Å². The molecule has 0 amide bonds. The summed E-state index contributed by atoms with van der Waals surface area (Å²) in [6.45, 7) is 2.04. The first-order valence-corrected chi connectivity index (χ1v) is 3.21. The van der Waals surface area contributed by atoms with Crippen molar-refractivity contribution in [1.29, 1.82) is 0 Å². The van der Waals surface area contributed by atoms with Crippen LogP contribution < -0.4 is 5.32 Å². The third kappa shape index (κ3) is 0.816. The lowest BCUT2D eigenvalue weighted by molar-refractivity contribution is 1.43. The zero-order valence-corrected chi connectivity index (χ0v) is 5.75. The van der Waals surface area contributed by atoms with E-state index in [1.165, 1.54) is 17.1 Å². The highest BCUT2D eigenvalue weighted by Crippen LogP contribution is 2.16. The lowest BCUT2D eigenvalue weighted by Crippen LogP contribution is -1.83. The molecule has 0 aliphatic carbocycles. The zero-order valence-electron chi connectivity index (χ0n) is 4.93. The molecule has 0 radical (unpaired) electrons. The van der Waals surface area contributed by atoms with Gasteiger partial charge in [-0.05, 0) is 18.5 Å². The normalized spacial score (nSPS) is 9.25. The van der Waals surface area contributed by atoms with Crippen LogP contribution in [0.25, 0.3) is 0 Å². The first kappa shape index (κ1) is 5.56. The summed E-state index contributed by atoms with van der Waals surface area (Å²) in [5.74, 6) is 0. The minimum atomic E-state index is 1.16. The van der Waals surface area contributed by atoms with Crippen LogP contribution in [0.4, 0.5) is 5.00 Å². The summed E-state index contributed by atoms with van der Waals surface area (Å²) in [6, 6.07) is 0. The van der Waals surface area contributed by atoms with Crippen LogP contribution in [0.5, 0.6) is 0 Å². The van der Waals surface area contributed by atoms with Crippen LogP contribution in [0.15, 0.2) is 6.20 Å². The zero-order chi connectivity index (χ0) is 5.98. The molecular formula is C5H8N2S. The lowest BCUT2D eigenvalue weighted by Gasteiger charge is -1.90. The number of aryl methyl sites for hydroxylation is 1. The van der Waals surface area contributed by atoms with Gasteiger partial charge in [0, 0.05) is 18.8 Å². The standard InChI is InChI=1S/C5H8N2S/c1-4-3-7-8-5(4)6-2/h3,6H,1-2H3. The fourth-order valence-corrected chi connectivity index (χ4v) is 1.14. The summed E-state index contributed by atoms with van der Waals surface area (Å²) in [6.07, 6.45) is 1.86. The monoisotopic (exact) mass is 128 g/mol. The summed E-state index contributed by atoms with van der Waals surface area (Å²) < 4.78 is 3.97. The molecular weight excluding hydrogens is 120 g/mol. The Bertz CT molecular complexity index is 171. The van der Waals surface area contributed by atoms with E-state index >= 15 is 0 Å². The molecule has 0 fully saturated rings. The third-order valence-corrected chi connectivity index (χ3v) is 1.90. The Hall–Kier alpha value is -0.570. The van der Waals surface area contributed by atoms with Crippen molar-refractivity contribution in [3.63, 3.8) is 0 Å². The highest BCUT2D eigenvalue weighted by atomic mass is 32.1. The predicted molar refractivity (Wildman–Crippen MR) is 36.4 cm³/mol. The Morgan fingerprint density at radius 1 is 1.75 bits per heavy atom. The second kappa shape index (κ2) is 2.13. The van der Waals surface area contributed by atoms with Crippen molar-refractivity contribution < 1.29 is 0 Å². The molecule has 0 atom stereocenters. The molecule has 0 unspecified atom stereocenters. The van der Waals surface area contributed by atoms with Gasteiger partial charge in [0.25, 0.3) is 0 Å². The van der Waals surface area contributed by atoms with Gasteiger partial charge in [-0.1, -0.05) is 0 Å². The fraction of sp³-hybridized carbons (Fsp3) is 0.400. The minimum Gasteiger partial charge on any atom is -0.379 e. The van der Waals surface area contributed by atoms with Crippen LogP contribution in [0.2, 0.25) is 0 Å². The maximum absolute atomic E-state index is 3.97. The Morgan fingerprint density at radius 3 is 2.75 bits per heavy atom. The van der Waals surface area contributed by atoms with E-state index in [0.29, 0.717) is 0 Å². The van der Waals surface area contributed by atoms with Gasteiger partial charge in [-0.25, -0.2) is 0 Å². The van der Waals surface area contributed by atoms with E-state index in [2.05, 4.69) is 9.69 Å². The maximum atomic E-state index is 3.97. The molecule has 0 aliphatic rings. The Kier molecular flexibility index (Phi) is 1.48. The van der Waals surface area contributed by atoms with Crippen LogP contribution in [0.1, 0.15) is 5.56 Å². The summed E-state index contributed by atoms with van der Waals surface area (Å²) >= 11 is 1.49. The molecule has 0 bridgehead atoms. The van der Waals surface area contributed by atoms with E-state index < -0.39 is 0 Å². The quantitative estimate of drug-likeness (QED) is 0.620. The van der Waals surface area contributed by atoms with Gasteiger partial charge in [0.1, 0.15) is 5.00 Å². The number of hydrogen-bond acceptors (Lipinski definition) is 3. The second-order valence-corrected chi connectivity index (χ2v) is 2.39. The van der Waals surface area contributed by atoms with Gasteiger partial charge >= 0.3 is 0 Å². The van der Waals surface area contributed by atoms with Crippen molar-refractivity contribution in [1.82, 2.24) is 4.37 Å². The van der Waals surface area contributed by atoms with Crippen LogP contribution >= 0.6 is 11.5 Å². The van der Waals surface area contributed by atoms with E-state index in [1.807, 2.05) is 20.2 Å². The highest BCUT2D eigenvalue weighted by Gasteiger charge is 1.93. The lowest BCUT2D eigenvalue weighted by atomic mass is 10.4. The minimum absolute atomic E-state index is 1.16. The van der Waals surface area contributed by atoms with E-state index in [9.17, 15) is 0 Å². The van der Waals surface area contributed by atoms with Gasteiger partial charge in [0.2, 0.25) is 0 Å². The smallest absolute Gasteiger partial charge is 0.112 e. The molecule has 1 heterocycles. The molecule has 8 heavy (non-hydrogen) atoms. The molecule has 2 nitrogen and oxygen atoms in total. The fourth-order valence-electron chi connectivity index (χ4n) is 0.532. The molecule has 0 saturated carbocycles. The molecule has 1 aromatic rings. The topological polar surface area (TPSA) is 24.9 Å². The van der Waals surface area contributed by atoms with Gasteiger partial charge in [-0.15, -0.1) is 0 Å². The predicted octanol–water partition coefficient (Wildman–Crippen LogP) is 1.49. The van der Waals surface area contributed by atoms with Gasteiger partial charge in [0.15, 0.2) is 0 Å². The van der Waals surface area contributed by atoms with Crippen molar-refractivity contribution in [3.05, 3.63) is 11.8 Å². The molecule has 44 valence electrons. The van der Waals surface area contributed by atoms with Gasteiger partial charge in [0.05, 0.1) is 0 Å². The summed E-state index contributed by atoms with van der Waals surface area (Å²) in [4.78, 5) is 0. The summed E-state index contributed by atoms with van der Waals surface area (Å²) in [7, 11) is 1.90. The van der Waals surface area contributed by atoms with Crippen LogP contribution in [0.3, 0.4) is 0 Å².